The first kappa shape index (κ1) is 18.9. The van der Waals surface area contributed by atoms with E-state index in [-0.39, 0.29) is 11.6 Å². The van der Waals surface area contributed by atoms with Crippen LogP contribution in [0.5, 0.6) is 0 Å². The molecule has 0 radical (unpaired) electrons. The van der Waals surface area contributed by atoms with E-state index in [1.54, 1.807) is 4.90 Å². The molecular formula is C21H25N3O3. The van der Waals surface area contributed by atoms with Gasteiger partial charge in [0.1, 0.15) is 0 Å². The summed E-state index contributed by atoms with van der Waals surface area (Å²) in [6.45, 7) is 3.49. The Morgan fingerprint density at radius 2 is 2.04 bits per heavy atom. The van der Waals surface area contributed by atoms with Gasteiger partial charge in [0.25, 0.3) is 0 Å². The summed E-state index contributed by atoms with van der Waals surface area (Å²) in [5.41, 5.74) is 2.98. The highest BCUT2D eigenvalue weighted by molar-refractivity contribution is 5.88. The molecule has 0 atom stereocenters. The lowest BCUT2D eigenvalue weighted by Gasteiger charge is -2.27. The van der Waals surface area contributed by atoms with Crippen LogP contribution in [0.1, 0.15) is 47.1 Å². The van der Waals surface area contributed by atoms with Crippen LogP contribution >= 0.6 is 0 Å². The SMILES string of the molecule is C/C=C/CC(=O)N1CCc2c(c(C(=O)O)nn2CCCc2ccccc2)C1. The monoisotopic (exact) mass is 367 g/mol. The molecule has 3 rings (SSSR count). The highest BCUT2D eigenvalue weighted by Gasteiger charge is 2.29. The molecule has 6 nitrogen and oxygen atoms in total. The lowest BCUT2D eigenvalue weighted by molar-refractivity contribution is -0.131. The van der Waals surface area contributed by atoms with Crippen molar-refractivity contribution in [2.24, 2.45) is 0 Å². The number of amides is 1. The fourth-order valence-corrected chi connectivity index (χ4v) is 3.49. The molecule has 6 heteroatoms. The van der Waals surface area contributed by atoms with Crippen molar-refractivity contribution in [3.63, 3.8) is 0 Å². The van der Waals surface area contributed by atoms with Crippen molar-refractivity contribution in [1.29, 1.82) is 0 Å². The van der Waals surface area contributed by atoms with Gasteiger partial charge in [0.15, 0.2) is 5.69 Å². The zero-order chi connectivity index (χ0) is 19.2. The number of allylic oxidation sites excluding steroid dienone is 1. The Morgan fingerprint density at radius 1 is 1.26 bits per heavy atom. The predicted octanol–water partition coefficient (Wildman–Crippen LogP) is 3.07. The van der Waals surface area contributed by atoms with Gasteiger partial charge in [0.2, 0.25) is 5.91 Å². The molecule has 0 bridgehead atoms. The van der Waals surface area contributed by atoms with Gasteiger partial charge in [-0.05, 0) is 25.3 Å². The molecule has 0 saturated carbocycles. The number of carbonyl (C=O) groups is 2. The van der Waals surface area contributed by atoms with E-state index in [2.05, 4.69) is 17.2 Å². The third kappa shape index (κ3) is 4.45. The first-order valence-corrected chi connectivity index (χ1v) is 9.35. The van der Waals surface area contributed by atoms with Crippen LogP contribution < -0.4 is 0 Å². The average molecular weight is 367 g/mol. The minimum atomic E-state index is -1.03. The largest absolute Gasteiger partial charge is 0.476 e. The van der Waals surface area contributed by atoms with Crippen molar-refractivity contribution >= 4 is 11.9 Å². The van der Waals surface area contributed by atoms with Crippen LogP contribution in [-0.4, -0.2) is 38.2 Å². The molecule has 1 aliphatic rings. The number of fused-ring (bicyclic) bond motifs is 1. The maximum absolute atomic E-state index is 12.3. The highest BCUT2D eigenvalue weighted by Crippen LogP contribution is 2.24. The maximum atomic E-state index is 12.3. The van der Waals surface area contributed by atoms with Gasteiger partial charge in [-0.25, -0.2) is 4.79 Å². The normalized spacial score (nSPS) is 13.7. The summed E-state index contributed by atoms with van der Waals surface area (Å²) in [4.78, 5) is 25.7. The third-order valence-electron chi connectivity index (χ3n) is 4.90. The summed E-state index contributed by atoms with van der Waals surface area (Å²) < 4.78 is 1.83. The van der Waals surface area contributed by atoms with E-state index < -0.39 is 5.97 Å². The van der Waals surface area contributed by atoms with Crippen molar-refractivity contribution in [3.8, 4) is 0 Å². The van der Waals surface area contributed by atoms with Gasteiger partial charge in [0, 0.05) is 43.7 Å². The second-order valence-electron chi connectivity index (χ2n) is 6.73. The lowest BCUT2D eigenvalue weighted by atomic mass is 10.0. The number of aryl methyl sites for hydroxylation is 2. The Labute approximate surface area is 159 Å². The van der Waals surface area contributed by atoms with Gasteiger partial charge in [-0.2, -0.15) is 5.10 Å². The van der Waals surface area contributed by atoms with E-state index in [1.807, 2.05) is 42.0 Å². The molecule has 0 aliphatic carbocycles. The molecule has 1 aliphatic heterocycles. The van der Waals surface area contributed by atoms with Crippen molar-refractivity contribution in [2.75, 3.05) is 6.54 Å². The Bertz CT molecular complexity index is 840. The predicted molar refractivity (Wildman–Crippen MR) is 103 cm³/mol. The zero-order valence-electron chi connectivity index (χ0n) is 15.6. The van der Waals surface area contributed by atoms with E-state index in [4.69, 9.17) is 0 Å². The van der Waals surface area contributed by atoms with E-state index in [1.165, 1.54) is 5.56 Å². The van der Waals surface area contributed by atoms with Gasteiger partial charge in [-0.1, -0.05) is 42.5 Å². The van der Waals surface area contributed by atoms with Crippen LogP contribution in [0.4, 0.5) is 0 Å². The van der Waals surface area contributed by atoms with Gasteiger partial charge >= 0.3 is 5.97 Å². The molecule has 1 N–H and O–H groups in total. The molecule has 0 saturated heterocycles. The van der Waals surface area contributed by atoms with Crippen LogP contribution in [0.15, 0.2) is 42.5 Å². The highest BCUT2D eigenvalue weighted by atomic mass is 16.4. The minimum Gasteiger partial charge on any atom is -0.476 e. The number of rotatable bonds is 7. The van der Waals surface area contributed by atoms with Crippen LogP contribution in [-0.2, 0) is 30.7 Å². The molecule has 1 aromatic heterocycles. The van der Waals surface area contributed by atoms with Gasteiger partial charge in [-0.3, -0.25) is 9.48 Å². The summed E-state index contributed by atoms with van der Waals surface area (Å²) >= 11 is 0. The van der Waals surface area contributed by atoms with E-state index in [9.17, 15) is 14.7 Å². The van der Waals surface area contributed by atoms with Gasteiger partial charge in [-0.15, -0.1) is 0 Å². The number of aromatic nitrogens is 2. The molecule has 27 heavy (non-hydrogen) atoms. The third-order valence-corrected chi connectivity index (χ3v) is 4.90. The second-order valence-corrected chi connectivity index (χ2v) is 6.73. The lowest BCUT2D eigenvalue weighted by Crippen LogP contribution is -2.36. The zero-order valence-corrected chi connectivity index (χ0v) is 15.6. The Kier molecular flexibility index (Phi) is 6.06. The smallest absolute Gasteiger partial charge is 0.356 e. The van der Waals surface area contributed by atoms with Crippen molar-refractivity contribution in [1.82, 2.24) is 14.7 Å². The number of carboxylic acid groups (broad SMARTS) is 1. The molecule has 0 fully saturated rings. The topological polar surface area (TPSA) is 75.4 Å². The summed E-state index contributed by atoms with van der Waals surface area (Å²) in [6.07, 6.45) is 6.47. The van der Waals surface area contributed by atoms with Crippen LogP contribution in [0.3, 0.4) is 0 Å². The Morgan fingerprint density at radius 3 is 2.74 bits per heavy atom. The summed E-state index contributed by atoms with van der Waals surface area (Å²) in [7, 11) is 0. The van der Waals surface area contributed by atoms with Gasteiger partial charge in [0.05, 0.1) is 0 Å². The molecule has 2 heterocycles. The van der Waals surface area contributed by atoms with E-state index in [0.717, 1.165) is 18.5 Å². The standard InChI is InChI=1S/C21H25N3O3/c1-2-3-11-19(25)23-14-12-18-17(15-23)20(21(26)27)22-24(18)13-7-10-16-8-5-4-6-9-16/h2-6,8-9H,7,10-15H2,1H3,(H,26,27)/b3-2+. The first-order chi connectivity index (χ1) is 13.1. The van der Waals surface area contributed by atoms with Crippen LogP contribution in [0, 0.1) is 0 Å². The first-order valence-electron chi connectivity index (χ1n) is 9.35. The van der Waals surface area contributed by atoms with Crippen LogP contribution in [0.25, 0.3) is 0 Å². The Balaban J connectivity index is 1.72. The quantitative estimate of drug-likeness (QED) is 0.763. The number of benzene rings is 1. The van der Waals surface area contributed by atoms with Crippen molar-refractivity contribution < 1.29 is 14.7 Å². The molecular weight excluding hydrogens is 342 g/mol. The second kappa shape index (κ2) is 8.66. The summed E-state index contributed by atoms with van der Waals surface area (Å²) in [5, 5.41) is 13.9. The number of hydrogen-bond acceptors (Lipinski definition) is 3. The summed E-state index contributed by atoms with van der Waals surface area (Å²) in [6, 6.07) is 10.2. The summed E-state index contributed by atoms with van der Waals surface area (Å²) in [5.74, 6) is -1.01. The van der Waals surface area contributed by atoms with Crippen molar-refractivity contribution in [3.05, 3.63) is 65.0 Å². The molecule has 1 amide bonds. The maximum Gasteiger partial charge on any atom is 0.356 e. The fourth-order valence-electron chi connectivity index (χ4n) is 3.49. The number of hydrogen-bond donors (Lipinski definition) is 1. The van der Waals surface area contributed by atoms with Crippen molar-refractivity contribution in [2.45, 2.75) is 45.7 Å². The number of carboxylic acids is 1. The average Bonchev–Trinajstić information content (AvgIpc) is 3.05. The molecule has 1 aromatic carbocycles. The fraction of sp³-hybridized carbons (Fsp3) is 0.381. The molecule has 0 spiro atoms. The molecule has 0 unspecified atom stereocenters. The van der Waals surface area contributed by atoms with Crippen LogP contribution in [0.2, 0.25) is 0 Å². The molecule has 142 valence electrons. The Hall–Kier alpha value is -2.89. The number of nitrogens with zero attached hydrogens (tertiary/aromatic N) is 3. The number of aromatic carboxylic acids is 1. The van der Waals surface area contributed by atoms with Gasteiger partial charge < -0.3 is 10.0 Å². The minimum absolute atomic E-state index is 0.0203. The van der Waals surface area contributed by atoms with E-state index >= 15 is 0 Å². The van der Waals surface area contributed by atoms with E-state index in [0.29, 0.717) is 38.0 Å². The molecule has 2 aromatic rings. The number of carbonyl (C=O) groups excluding carboxylic acids is 1.